The first kappa shape index (κ1) is 24.1. The molecule has 0 bridgehead atoms. The van der Waals surface area contributed by atoms with Crippen LogP contribution < -0.4 is 4.74 Å². The van der Waals surface area contributed by atoms with Crippen molar-refractivity contribution in [1.29, 1.82) is 0 Å². The van der Waals surface area contributed by atoms with Gasteiger partial charge in [0.05, 0.1) is 11.9 Å². The smallest absolute Gasteiger partial charge is 0.303 e. The molecule has 5 rings (SSSR count). The highest BCUT2D eigenvalue weighted by atomic mass is 16.5. The summed E-state index contributed by atoms with van der Waals surface area (Å²) in [5.41, 5.74) is 5.46. The van der Waals surface area contributed by atoms with Gasteiger partial charge in [-0.25, -0.2) is 0 Å². The highest BCUT2D eigenvalue weighted by Crippen LogP contribution is 2.32. The summed E-state index contributed by atoms with van der Waals surface area (Å²) in [6.45, 7) is 3.36. The van der Waals surface area contributed by atoms with E-state index in [1.165, 1.54) is 43.0 Å². The third-order valence-electron chi connectivity index (χ3n) is 7.35. The summed E-state index contributed by atoms with van der Waals surface area (Å²) in [6, 6.07) is 24.7. The first-order chi connectivity index (χ1) is 17.6. The van der Waals surface area contributed by atoms with Gasteiger partial charge in [0.15, 0.2) is 0 Å². The van der Waals surface area contributed by atoms with Crippen molar-refractivity contribution in [3.8, 4) is 17.0 Å². The maximum absolute atomic E-state index is 11.0. The topological polar surface area (TPSA) is 64.3 Å². The highest BCUT2D eigenvalue weighted by molar-refractivity contribution is 5.93. The number of aromatic nitrogens is 2. The fraction of sp³-hybridized carbons (Fsp3) is 0.355. The van der Waals surface area contributed by atoms with Crippen LogP contribution in [0.4, 0.5) is 0 Å². The normalized spacial score (nSPS) is 15.1. The van der Waals surface area contributed by atoms with Crippen molar-refractivity contribution in [1.82, 2.24) is 9.78 Å². The lowest BCUT2D eigenvalue weighted by Gasteiger charge is -2.21. The molecule has 0 saturated heterocycles. The van der Waals surface area contributed by atoms with E-state index in [-0.39, 0.29) is 12.3 Å². The first-order valence-electron chi connectivity index (χ1n) is 13.1. The molecule has 0 radical (unpaired) electrons. The quantitative estimate of drug-likeness (QED) is 0.269. The van der Waals surface area contributed by atoms with Crippen molar-refractivity contribution >= 4 is 16.9 Å². The number of nitrogens with zero attached hydrogens (tertiary/aromatic N) is 2. The Morgan fingerprint density at radius 3 is 2.50 bits per heavy atom. The molecule has 1 fully saturated rings. The summed E-state index contributed by atoms with van der Waals surface area (Å²) in [6.07, 6.45) is 6.69. The summed E-state index contributed by atoms with van der Waals surface area (Å²) in [5.74, 6) is 0.660. The standard InChI is InChI=1S/C31H34N2O3/c1-22(18-30(34)35)25-13-15-27(16-14-25)36-21-24-12-17-28-29(19-24)33(20-23-8-4-2-5-9-23)32-31(28)26-10-6-3-7-11-26/h3,6-7,10-17,19,22-23H,2,4-5,8-9,18,20-21H2,1H3,(H,34,35). The summed E-state index contributed by atoms with van der Waals surface area (Å²) < 4.78 is 8.31. The van der Waals surface area contributed by atoms with Crippen LogP contribution >= 0.6 is 0 Å². The van der Waals surface area contributed by atoms with Crippen LogP contribution in [0.15, 0.2) is 72.8 Å². The zero-order valence-electron chi connectivity index (χ0n) is 20.9. The van der Waals surface area contributed by atoms with E-state index in [9.17, 15) is 4.79 Å². The lowest BCUT2D eigenvalue weighted by atomic mass is 9.89. The summed E-state index contributed by atoms with van der Waals surface area (Å²) in [4.78, 5) is 11.0. The van der Waals surface area contributed by atoms with E-state index >= 15 is 0 Å². The van der Waals surface area contributed by atoms with E-state index in [0.29, 0.717) is 12.5 Å². The van der Waals surface area contributed by atoms with Gasteiger partial charge in [0.2, 0.25) is 0 Å². The minimum absolute atomic E-state index is 0.0257. The lowest BCUT2D eigenvalue weighted by Crippen LogP contribution is -2.15. The fourth-order valence-electron chi connectivity index (χ4n) is 5.31. The predicted octanol–water partition coefficient (Wildman–Crippen LogP) is 7.44. The zero-order chi connectivity index (χ0) is 24.9. The Morgan fingerprint density at radius 2 is 1.78 bits per heavy atom. The molecule has 186 valence electrons. The summed E-state index contributed by atoms with van der Waals surface area (Å²) >= 11 is 0. The number of fused-ring (bicyclic) bond motifs is 1. The Kier molecular flexibility index (Phi) is 7.36. The molecule has 0 spiro atoms. The monoisotopic (exact) mass is 482 g/mol. The first-order valence-corrected chi connectivity index (χ1v) is 13.1. The number of benzene rings is 3. The van der Waals surface area contributed by atoms with Gasteiger partial charge in [-0.05, 0) is 54.0 Å². The van der Waals surface area contributed by atoms with Crippen LogP contribution in [-0.2, 0) is 17.9 Å². The molecule has 36 heavy (non-hydrogen) atoms. The Bertz CT molecular complexity index is 1310. The SMILES string of the molecule is CC(CC(=O)O)c1ccc(OCc2ccc3c(-c4ccccc4)nn(CC4CCCCC4)c3c2)cc1. The van der Waals surface area contributed by atoms with Crippen molar-refractivity contribution in [3.63, 3.8) is 0 Å². The second-order valence-corrected chi connectivity index (χ2v) is 10.1. The molecule has 1 aliphatic rings. The Labute approximate surface area is 212 Å². The summed E-state index contributed by atoms with van der Waals surface area (Å²) in [5, 5.41) is 15.3. The average Bonchev–Trinajstić information content (AvgIpc) is 3.26. The predicted molar refractivity (Wildman–Crippen MR) is 143 cm³/mol. The molecule has 1 aliphatic carbocycles. The number of carboxylic acids is 1. The highest BCUT2D eigenvalue weighted by Gasteiger charge is 2.19. The van der Waals surface area contributed by atoms with E-state index in [2.05, 4.69) is 47.1 Å². The molecule has 0 amide bonds. The number of hydrogen-bond acceptors (Lipinski definition) is 3. The lowest BCUT2D eigenvalue weighted by molar-refractivity contribution is -0.137. The molecular weight excluding hydrogens is 448 g/mol. The minimum atomic E-state index is -0.781. The van der Waals surface area contributed by atoms with Gasteiger partial charge in [0.25, 0.3) is 0 Å². The van der Waals surface area contributed by atoms with Crippen molar-refractivity contribution in [2.75, 3.05) is 0 Å². The molecule has 1 unspecified atom stereocenters. The third kappa shape index (κ3) is 5.62. The van der Waals surface area contributed by atoms with Gasteiger partial charge in [-0.1, -0.05) is 80.8 Å². The molecular formula is C31H34N2O3. The van der Waals surface area contributed by atoms with Gasteiger partial charge in [0.1, 0.15) is 18.1 Å². The molecule has 5 nitrogen and oxygen atoms in total. The molecule has 4 aromatic rings. The van der Waals surface area contributed by atoms with Gasteiger partial charge in [-0.3, -0.25) is 9.48 Å². The maximum atomic E-state index is 11.0. The van der Waals surface area contributed by atoms with Crippen molar-refractivity contribution in [2.45, 2.75) is 64.5 Å². The molecule has 1 saturated carbocycles. The molecule has 5 heteroatoms. The molecule has 1 aromatic heterocycles. The van der Waals surface area contributed by atoms with Crippen molar-refractivity contribution in [3.05, 3.63) is 83.9 Å². The largest absolute Gasteiger partial charge is 0.489 e. The number of ether oxygens (including phenoxy) is 1. The van der Waals surface area contributed by atoms with Crippen LogP contribution in [0.5, 0.6) is 5.75 Å². The van der Waals surface area contributed by atoms with Crippen LogP contribution in [0.3, 0.4) is 0 Å². The van der Waals surface area contributed by atoms with Gasteiger partial charge < -0.3 is 9.84 Å². The molecule has 1 N–H and O–H groups in total. The van der Waals surface area contributed by atoms with E-state index < -0.39 is 5.97 Å². The fourth-order valence-corrected chi connectivity index (χ4v) is 5.31. The van der Waals surface area contributed by atoms with Crippen LogP contribution in [0.1, 0.15) is 62.5 Å². The average molecular weight is 483 g/mol. The van der Waals surface area contributed by atoms with E-state index in [1.807, 2.05) is 37.3 Å². The maximum Gasteiger partial charge on any atom is 0.303 e. The molecule has 0 aliphatic heterocycles. The Balaban J connectivity index is 1.36. The number of aliphatic carboxylic acids is 1. The van der Waals surface area contributed by atoms with Crippen molar-refractivity contribution < 1.29 is 14.6 Å². The second kappa shape index (κ2) is 11.0. The van der Waals surface area contributed by atoms with Gasteiger partial charge in [-0.15, -0.1) is 0 Å². The zero-order valence-corrected chi connectivity index (χ0v) is 20.9. The van der Waals surface area contributed by atoms with Crippen molar-refractivity contribution in [2.24, 2.45) is 5.92 Å². The van der Waals surface area contributed by atoms with Crippen LogP contribution in [0.2, 0.25) is 0 Å². The van der Waals surface area contributed by atoms with Gasteiger partial charge in [0, 0.05) is 17.5 Å². The minimum Gasteiger partial charge on any atom is -0.489 e. The van der Waals surface area contributed by atoms with E-state index in [1.54, 1.807) is 0 Å². The molecule has 3 aromatic carbocycles. The molecule has 1 atom stereocenters. The van der Waals surface area contributed by atoms with E-state index in [4.69, 9.17) is 14.9 Å². The Hall–Kier alpha value is -3.60. The van der Waals surface area contributed by atoms with Gasteiger partial charge >= 0.3 is 5.97 Å². The number of carbonyl (C=O) groups is 1. The van der Waals surface area contributed by atoms with Crippen LogP contribution in [-0.4, -0.2) is 20.9 Å². The number of rotatable bonds is 9. The van der Waals surface area contributed by atoms with Crippen LogP contribution in [0, 0.1) is 5.92 Å². The summed E-state index contributed by atoms with van der Waals surface area (Å²) in [7, 11) is 0. The second-order valence-electron chi connectivity index (χ2n) is 10.1. The van der Waals surface area contributed by atoms with E-state index in [0.717, 1.165) is 34.7 Å². The third-order valence-corrected chi connectivity index (χ3v) is 7.35. The number of carboxylic acid groups (broad SMARTS) is 1. The van der Waals surface area contributed by atoms with Crippen LogP contribution in [0.25, 0.3) is 22.2 Å². The Morgan fingerprint density at radius 1 is 1.03 bits per heavy atom. The van der Waals surface area contributed by atoms with Gasteiger partial charge in [-0.2, -0.15) is 5.10 Å². The number of hydrogen-bond donors (Lipinski definition) is 1. The molecule has 1 heterocycles.